The van der Waals surface area contributed by atoms with E-state index >= 15 is 0 Å². The first-order valence-electron chi connectivity index (χ1n) is 2.17. The monoisotopic (exact) mass is 233 g/mol. The van der Waals surface area contributed by atoms with Crippen LogP contribution in [0.1, 0.15) is 0 Å². The molecule has 0 amide bonds. The molecule has 8 nitrogen and oxygen atoms in total. The van der Waals surface area contributed by atoms with Crippen LogP contribution in [0, 0.1) is 0 Å². The molecule has 0 aromatic heterocycles. The fourth-order valence-electron chi connectivity index (χ4n) is 0. The maximum atomic E-state index is 9.10. The fourth-order valence-corrected chi connectivity index (χ4v) is 0. The molecule has 0 aliphatic carbocycles. The van der Waals surface area contributed by atoms with Crippen molar-refractivity contribution in [2.75, 3.05) is 0 Å². The molecule has 0 rings (SSSR count). The Morgan fingerprint density at radius 1 is 0.769 bits per heavy atom. The third-order valence-electron chi connectivity index (χ3n) is 0.350. The Bertz CT molecular complexity index is 172. The van der Waals surface area contributed by atoms with Crippen LogP contribution in [0.5, 0.6) is 0 Å². The van der Waals surface area contributed by atoms with Crippen molar-refractivity contribution in [3.63, 3.8) is 0 Å². The second-order valence-corrected chi connectivity index (χ2v) is 1.19. The zero-order chi connectivity index (χ0) is 10.3. The minimum absolute atomic E-state index is 0. The molecule has 0 spiro atoms. The van der Waals surface area contributed by atoms with Gasteiger partial charge in [-0.1, -0.05) is 0 Å². The molecule has 2 N–H and O–H groups in total. The van der Waals surface area contributed by atoms with Crippen molar-refractivity contribution in [3.8, 4) is 0 Å². The van der Waals surface area contributed by atoms with Crippen LogP contribution in [0.15, 0.2) is 0 Å². The predicted octanol–water partition coefficient (Wildman–Crippen LogP) is -4.36. The van der Waals surface area contributed by atoms with Crippen LogP contribution in [0.4, 0.5) is 0 Å². The number of carboxylic acids is 4. The van der Waals surface area contributed by atoms with Gasteiger partial charge in [0.15, 0.2) is 0 Å². The maximum absolute atomic E-state index is 9.10. The Morgan fingerprint density at radius 2 is 0.923 bits per heavy atom. The summed E-state index contributed by atoms with van der Waals surface area (Å²) in [5.41, 5.74) is 0. The van der Waals surface area contributed by atoms with E-state index in [0.29, 0.717) is 0 Å². The molecule has 0 aromatic carbocycles. The Hall–Kier alpha value is -1.60. The summed E-state index contributed by atoms with van der Waals surface area (Å²) in [4.78, 5) is 36.1. The van der Waals surface area contributed by atoms with Gasteiger partial charge in [-0.15, -0.1) is 0 Å². The minimum Gasteiger partial charge on any atom is -0.543 e. The summed E-state index contributed by atoms with van der Waals surface area (Å²) >= 11 is 0. The van der Waals surface area contributed by atoms with Gasteiger partial charge in [0.1, 0.15) is 0 Å². The van der Waals surface area contributed by atoms with Gasteiger partial charge in [-0.3, -0.25) is 0 Å². The molecule has 0 aromatic rings. The Balaban J connectivity index is -0.000000143. The van der Waals surface area contributed by atoms with Crippen molar-refractivity contribution in [1.29, 1.82) is 0 Å². The van der Waals surface area contributed by atoms with Gasteiger partial charge in [0.25, 0.3) is 0 Å². The van der Waals surface area contributed by atoms with Crippen LogP contribution in [0.3, 0.4) is 0 Å². The van der Waals surface area contributed by atoms with Crippen molar-refractivity contribution >= 4 is 23.9 Å². The molecule has 0 aliphatic rings. The molecule has 0 fully saturated rings. The van der Waals surface area contributed by atoms with Crippen molar-refractivity contribution in [2.45, 2.75) is 0 Å². The van der Waals surface area contributed by atoms with E-state index in [2.05, 4.69) is 0 Å². The summed E-state index contributed by atoms with van der Waals surface area (Å²) in [5, 5.41) is 32.6. The number of carbonyl (C=O) groups is 4. The molecule has 0 heterocycles. The molecule has 0 atom stereocenters. The first-order valence-corrected chi connectivity index (χ1v) is 2.17. The van der Waals surface area contributed by atoms with Crippen LogP contribution in [-0.4, -0.2) is 34.1 Å². The molecule has 0 bridgehead atoms. The Morgan fingerprint density at radius 3 is 0.923 bits per heavy atom. The van der Waals surface area contributed by atoms with E-state index in [4.69, 9.17) is 39.6 Å². The molecular formula is C4H2MnO8. The molecule has 0 aliphatic heterocycles. The largest absolute Gasteiger partial charge is 2.00 e. The number of aliphatic carboxylic acids is 4. The molecule has 13 heavy (non-hydrogen) atoms. The second kappa shape index (κ2) is 8.50. The third-order valence-corrected chi connectivity index (χ3v) is 0.350. The molecule has 1 radical (unpaired) electrons. The van der Waals surface area contributed by atoms with Gasteiger partial charge in [-0.05, 0) is 0 Å². The second-order valence-electron chi connectivity index (χ2n) is 1.19. The van der Waals surface area contributed by atoms with E-state index < -0.39 is 23.9 Å². The zero-order valence-electron chi connectivity index (χ0n) is 5.72. The van der Waals surface area contributed by atoms with Gasteiger partial charge in [0.05, 0.1) is 11.9 Å². The first-order chi connectivity index (χ1) is 5.29. The van der Waals surface area contributed by atoms with E-state index in [0.717, 1.165) is 0 Å². The standard InChI is InChI=1S/2C2H2O4.Mn/c2*3-1(4)2(5)6;/h2*(H,3,4)(H,5,6);/q;;+2/p-2. The van der Waals surface area contributed by atoms with Crippen LogP contribution < -0.4 is 10.2 Å². The number of carbonyl (C=O) groups excluding carboxylic acids is 2. The zero-order valence-corrected chi connectivity index (χ0v) is 6.90. The van der Waals surface area contributed by atoms with Crippen LogP contribution in [-0.2, 0) is 36.2 Å². The summed E-state index contributed by atoms with van der Waals surface area (Å²) in [6.45, 7) is 0. The van der Waals surface area contributed by atoms with Gasteiger partial charge in [0.2, 0.25) is 0 Å². The average Bonchev–Trinajstić information content (AvgIpc) is 1.88. The summed E-state index contributed by atoms with van der Waals surface area (Å²) < 4.78 is 0. The number of hydrogen-bond acceptors (Lipinski definition) is 6. The van der Waals surface area contributed by atoms with Crippen molar-refractivity contribution in [3.05, 3.63) is 0 Å². The van der Waals surface area contributed by atoms with Crippen LogP contribution >= 0.6 is 0 Å². The van der Waals surface area contributed by atoms with Crippen molar-refractivity contribution in [1.82, 2.24) is 0 Å². The van der Waals surface area contributed by atoms with E-state index in [-0.39, 0.29) is 17.1 Å². The van der Waals surface area contributed by atoms with Gasteiger partial charge in [-0.25, -0.2) is 9.59 Å². The molecule has 0 unspecified atom stereocenters. The van der Waals surface area contributed by atoms with E-state index in [1.807, 2.05) is 0 Å². The number of hydrogen-bond donors (Lipinski definition) is 2. The summed E-state index contributed by atoms with van der Waals surface area (Å²) in [5.74, 6) is -8.02. The fraction of sp³-hybridized carbons (Fsp3) is 0. The SMILES string of the molecule is O=C(O)C(=O)O.O=C([O-])C(=O)[O-].[Mn+2]. The smallest absolute Gasteiger partial charge is 0.543 e. The molecular weight excluding hydrogens is 231 g/mol. The van der Waals surface area contributed by atoms with E-state index in [9.17, 15) is 0 Å². The molecule has 0 saturated heterocycles. The van der Waals surface area contributed by atoms with Crippen LogP contribution in [0.25, 0.3) is 0 Å². The third kappa shape index (κ3) is 17.9. The van der Waals surface area contributed by atoms with Gasteiger partial charge >= 0.3 is 29.0 Å². The van der Waals surface area contributed by atoms with Gasteiger partial charge < -0.3 is 30.0 Å². The summed E-state index contributed by atoms with van der Waals surface area (Å²) in [6.07, 6.45) is 0. The van der Waals surface area contributed by atoms with Gasteiger partial charge in [0, 0.05) is 0 Å². The molecule has 0 saturated carbocycles. The molecule has 73 valence electrons. The summed E-state index contributed by atoms with van der Waals surface area (Å²) in [6, 6.07) is 0. The Kier molecular flexibility index (Phi) is 11.4. The van der Waals surface area contributed by atoms with E-state index in [1.54, 1.807) is 0 Å². The van der Waals surface area contributed by atoms with Gasteiger partial charge in [-0.2, -0.15) is 0 Å². The number of carboxylic acid groups (broad SMARTS) is 4. The maximum Gasteiger partial charge on any atom is 2.00 e. The van der Waals surface area contributed by atoms with Crippen LogP contribution in [0.2, 0.25) is 0 Å². The number of rotatable bonds is 0. The quantitative estimate of drug-likeness (QED) is 0.314. The van der Waals surface area contributed by atoms with Crippen molar-refractivity contribution < 1.29 is 56.7 Å². The minimum atomic E-state index is -2.19. The normalized spacial score (nSPS) is 6.77. The van der Waals surface area contributed by atoms with Crippen molar-refractivity contribution in [2.24, 2.45) is 0 Å². The topological polar surface area (TPSA) is 155 Å². The summed E-state index contributed by atoms with van der Waals surface area (Å²) in [7, 11) is 0. The van der Waals surface area contributed by atoms with E-state index in [1.165, 1.54) is 0 Å². The molecule has 9 heteroatoms. The predicted molar refractivity (Wildman–Crippen MR) is 25.3 cm³/mol. The average molecular weight is 233 g/mol. The Labute approximate surface area is 81.3 Å². The first kappa shape index (κ1) is 17.5.